The van der Waals surface area contributed by atoms with Crippen LogP contribution in [0.15, 0.2) is 24.3 Å². The van der Waals surface area contributed by atoms with Crippen LogP contribution in [-0.2, 0) is 9.47 Å². The fourth-order valence-corrected chi connectivity index (χ4v) is 2.57. The van der Waals surface area contributed by atoms with E-state index in [-0.39, 0.29) is 30.1 Å². The standard InChI is InChI=1S/C12H15NO4.C9H13BO5/c1-4-16-11(14)9-6-8(3)7-10(13-9)12(15)17-5-2;1-13-6-4-7(14-2)9(10(11)12)8(5-6)15-3/h6-7H,4-5H2,1-3H3;4-5,11-12H,1-3H3. The molecule has 0 unspecified atom stereocenters. The number of benzene rings is 1. The number of aromatic nitrogens is 1. The second-order valence-electron chi connectivity index (χ2n) is 6.18. The molecular weight excluding hydrogens is 421 g/mol. The van der Waals surface area contributed by atoms with Gasteiger partial charge in [0.15, 0.2) is 0 Å². The Labute approximate surface area is 187 Å². The average molecular weight is 449 g/mol. The number of hydrogen-bond donors (Lipinski definition) is 2. The first-order valence-electron chi connectivity index (χ1n) is 9.71. The Bertz CT molecular complexity index is 857. The molecule has 0 atom stereocenters. The van der Waals surface area contributed by atoms with Gasteiger partial charge in [-0.25, -0.2) is 14.6 Å². The van der Waals surface area contributed by atoms with Gasteiger partial charge in [0.1, 0.15) is 28.6 Å². The molecule has 1 aromatic heterocycles. The number of esters is 2. The number of carbonyl (C=O) groups is 2. The molecule has 10 nitrogen and oxygen atoms in total. The molecule has 0 aliphatic heterocycles. The Morgan fingerprint density at radius 1 is 0.844 bits per heavy atom. The molecule has 0 fully saturated rings. The van der Waals surface area contributed by atoms with Crippen molar-refractivity contribution >= 4 is 24.5 Å². The van der Waals surface area contributed by atoms with Crippen LogP contribution in [0.25, 0.3) is 0 Å². The van der Waals surface area contributed by atoms with E-state index < -0.39 is 19.1 Å². The van der Waals surface area contributed by atoms with Gasteiger partial charge in [-0.05, 0) is 38.5 Å². The Balaban J connectivity index is 0.000000323. The molecule has 1 heterocycles. The third kappa shape index (κ3) is 7.43. The van der Waals surface area contributed by atoms with Crippen LogP contribution in [0.4, 0.5) is 0 Å². The molecule has 0 radical (unpaired) electrons. The van der Waals surface area contributed by atoms with E-state index in [1.807, 2.05) is 0 Å². The fraction of sp³-hybridized carbons (Fsp3) is 0.381. The molecule has 0 saturated heterocycles. The molecule has 2 aromatic rings. The third-order valence-electron chi connectivity index (χ3n) is 3.95. The van der Waals surface area contributed by atoms with Crippen molar-refractivity contribution in [2.75, 3.05) is 34.5 Å². The average Bonchev–Trinajstić information content (AvgIpc) is 2.78. The number of hydrogen-bond acceptors (Lipinski definition) is 10. The molecule has 0 saturated carbocycles. The molecule has 0 amide bonds. The molecule has 32 heavy (non-hydrogen) atoms. The van der Waals surface area contributed by atoms with Gasteiger partial charge in [-0.3, -0.25) is 0 Å². The van der Waals surface area contributed by atoms with Crippen LogP contribution >= 0.6 is 0 Å². The first-order chi connectivity index (χ1) is 15.2. The summed E-state index contributed by atoms with van der Waals surface area (Å²) in [5, 5.41) is 18.3. The highest BCUT2D eigenvalue weighted by Gasteiger charge is 2.23. The van der Waals surface area contributed by atoms with Gasteiger partial charge in [0.05, 0.1) is 40.0 Å². The van der Waals surface area contributed by atoms with Gasteiger partial charge < -0.3 is 33.7 Å². The molecule has 0 bridgehead atoms. The van der Waals surface area contributed by atoms with Gasteiger partial charge in [0.2, 0.25) is 0 Å². The van der Waals surface area contributed by atoms with Crippen molar-refractivity contribution < 1.29 is 43.3 Å². The molecule has 0 aliphatic carbocycles. The maximum Gasteiger partial charge on any atom is 0.496 e. The van der Waals surface area contributed by atoms with E-state index in [2.05, 4.69) is 4.98 Å². The number of rotatable bonds is 8. The molecule has 1 aromatic carbocycles. The lowest BCUT2D eigenvalue weighted by atomic mass is 9.78. The first kappa shape index (κ1) is 26.7. The maximum atomic E-state index is 11.5. The number of aryl methyl sites for hydroxylation is 1. The Morgan fingerprint density at radius 2 is 1.28 bits per heavy atom. The van der Waals surface area contributed by atoms with Gasteiger partial charge in [-0.1, -0.05) is 0 Å². The minimum Gasteiger partial charge on any atom is -0.497 e. The summed E-state index contributed by atoms with van der Waals surface area (Å²) in [6.07, 6.45) is 0. The van der Waals surface area contributed by atoms with Crippen molar-refractivity contribution in [2.24, 2.45) is 0 Å². The summed E-state index contributed by atoms with van der Waals surface area (Å²) >= 11 is 0. The maximum absolute atomic E-state index is 11.5. The zero-order valence-corrected chi connectivity index (χ0v) is 19.0. The first-order valence-corrected chi connectivity index (χ1v) is 9.71. The summed E-state index contributed by atoms with van der Waals surface area (Å²) in [7, 11) is 2.71. The Morgan fingerprint density at radius 3 is 1.59 bits per heavy atom. The lowest BCUT2D eigenvalue weighted by molar-refractivity contribution is 0.0511. The van der Waals surface area contributed by atoms with Crippen LogP contribution in [0.1, 0.15) is 40.4 Å². The quantitative estimate of drug-likeness (QED) is 0.446. The number of ether oxygens (including phenoxy) is 5. The van der Waals surface area contributed by atoms with E-state index in [0.717, 1.165) is 5.56 Å². The smallest absolute Gasteiger partial charge is 0.496 e. The molecular formula is C21H28BNO9. The van der Waals surface area contributed by atoms with Crippen molar-refractivity contribution in [3.05, 3.63) is 41.2 Å². The van der Waals surface area contributed by atoms with Crippen LogP contribution in [-0.4, -0.2) is 68.6 Å². The number of nitrogens with zero attached hydrogens (tertiary/aromatic N) is 1. The van der Waals surface area contributed by atoms with Gasteiger partial charge in [0, 0.05) is 12.1 Å². The zero-order valence-electron chi connectivity index (χ0n) is 19.0. The predicted octanol–water partition coefficient (Wildman–Crippen LogP) is 1.14. The van der Waals surface area contributed by atoms with Crippen molar-refractivity contribution in [1.82, 2.24) is 4.98 Å². The highest BCUT2D eigenvalue weighted by atomic mass is 16.5. The van der Waals surface area contributed by atoms with Gasteiger partial charge in [0.25, 0.3) is 0 Å². The Hall–Kier alpha value is -3.31. The van der Waals surface area contributed by atoms with Crippen molar-refractivity contribution in [3.63, 3.8) is 0 Å². The molecule has 0 spiro atoms. The van der Waals surface area contributed by atoms with E-state index in [4.69, 9.17) is 33.7 Å². The fourth-order valence-electron chi connectivity index (χ4n) is 2.57. The van der Waals surface area contributed by atoms with E-state index in [1.165, 1.54) is 21.3 Å². The van der Waals surface area contributed by atoms with Crippen molar-refractivity contribution in [1.29, 1.82) is 0 Å². The third-order valence-corrected chi connectivity index (χ3v) is 3.95. The molecule has 2 N–H and O–H groups in total. The number of carbonyl (C=O) groups excluding carboxylic acids is 2. The van der Waals surface area contributed by atoms with E-state index in [0.29, 0.717) is 17.2 Å². The minimum atomic E-state index is -1.65. The summed E-state index contributed by atoms with van der Waals surface area (Å²) in [6, 6.07) is 6.25. The van der Waals surface area contributed by atoms with Crippen LogP contribution < -0.4 is 19.7 Å². The normalized spacial score (nSPS) is 9.75. The van der Waals surface area contributed by atoms with E-state index in [9.17, 15) is 9.59 Å². The minimum absolute atomic E-state index is 0.120. The zero-order chi connectivity index (χ0) is 24.3. The highest BCUT2D eigenvalue weighted by Crippen LogP contribution is 2.25. The summed E-state index contributed by atoms with van der Waals surface area (Å²) < 4.78 is 24.7. The molecule has 2 rings (SSSR count). The van der Waals surface area contributed by atoms with E-state index in [1.54, 1.807) is 45.0 Å². The second kappa shape index (κ2) is 13.2. The highest BCUT2D eigenvalue weighted by molar-refractivity contribution is 6.61. The summed E-state index contributed by atoms with van der Waals surface area (Å²) in [6.45, 7) is 5.72. The Kier molecular flexibility index (Phi) is 11.0. The monoisotopic (exact) mass is 449 g/mol. The lowest BCUT2D eigenvalue weighted by Crippen LogP contribution is -2.32. The van der Waals surface area contributed by atoms with Gasteiger partial charge in [-0.15, -0.1) is 0 Å². The molecule has 0 aliphatic rings. The SMILES string of the molecule is CCOC(=O)c1cc(C)cc(C(=O)OCC)n1.COc1cc(OC)c(B(O)O)c(OC)c1. The second-order valence-corrected chi connectivity index (χ2v) is 6.18. The van der Waals surface area contributed by atoms with Crippen LogP contribution in [0, 0.1) is 6.92 Å². The van der Waals surface area contributed by atoms with E-state index >= 15 is 0 Å². The summed E-state index contributed by atoms with van der Waals surface area (Å²) in [4.78, 5) is 26.9. The summed E-state index contributed by atoms with van der Waals surface area (Å²) in [5.41, 5.74) is 1.18. The van der Waals surface area contributed by atoms with Crippen molar-refractivity contribution in [2.45, 2.75) is 20.8 Å². The predicted molar refractivity (Wildman–Crippen MR) is 117 cm³/mol. The topological polar surface area (TPSA) is 134 Å². The number of pyridine rings is 1. The van der Waals surface area contributed by atoms with Crippen LogP contribution in [0.2, 0.25) is 0 Å². The summed E-state index contributed by atoms with van der Waals surface area (Å²) in [5.74, 6) is 0.0546. The van der Waals surface area contributed by atoms with Crippen LogP contribution in [0.5, 0.6) is 17.2 Å². The number of methoxy groups -OCH3 is 3. The van der Waals surface area contributed by atoms with Gasteiger partial charge >= 0.3 is 19.1 Å². The lowest BCUT2D eigenvalue weighted by Gasteiger charge is -2.14. The van der Waals surface area contributed by atoms with Gasteiger partial charge in [-0.2, -0.15) is 0 Å². The van der Waals surface area contributed by atoms with Crippen LogP contribution in [0.3, 0.4) is 0 Å². The molecule has 11 heteroatoms. The molecule has 174 valence electrons. The van der Waals surface area contributed by atoms with Crippen molar-refractivity contribution in [3.8, 4) is 17.2 Å². The largest absolute Gasteiger partial charge is 0.497 e.